The average Bonchev–Trinajstić information content (AvgIpc) is 2.62. The Balaban J connectivity index is 1.67. The molecule has 1 aromatic heterocycles. The zero-order chi connectivity index (χ0) is 15.4. The van der Waals surface area contributed by atoms with Crippen molar-refractivity contribution in [3.63, 3.8) is 0 Å². The van der Waals surface area contributed by atoms with Gasteiger partial charge in [0.2, 0.25) is 0 Å². The molecule has 1 amide bonds. The summed E-state index contributed by atoms with van der Waals surface area (Å²) in [5.41, 5.74) is 0.528. The van der Waals surface area contributed by atoms with Gasteiger partial charge < -0.3 is 14.7 Å². The Morgan fingerprint density at radius 3 is 2.45 bits per heavy atom. The van der Waals surface area contributed by atoms with Crippen molar-refractivity contribution in [1.29, 1.82) is 0 Å². The van der Waals surface area contributed by atoms with E-state index in [0.717, 1.165) is 51.6 Å². The Morgan fingerprint density at radius 2 is 1.77 bits per heavy atom. The lowest BCUT2D eigenvalue weighted by molar-refractivity contribution is 0.0637. The number of amides is 1. The summed E-state index contributed by atoms with van der Waals surface area (Å²) in [5, 5.41) is 0. The minimum atomic E-state index is 0.0383. The average molecular weight is 303 g/mol. The summed E-state index contributed by atoms with van der Waals surface area (Å²) in [7, 11) is 0. The third-order valence-electron chi connectivity index (χ3n) is 4.66. The minimum absolute atomic E-state index is 0.0383. The van der Waals surface area contributed by atoms with E-state index < -0.39 is 0 Å². The van der Waals surface area contributed by atoms with Crippen LogP contribution < -0.4 is 4.90 Å². The van der Waals surface area contributed by atoms with Crippen LogP contribution in [0.15, 0.2) is 12.4 Å². The van der Waals surface area contributed by atoms with Crippen molar-refractivity contribution < 1.29 is 4.79 Å². The van der Waals surface area contributed by atoms with Gasteiger partial charge in [-0.05, 0) is 25.8 Å². The van der Waals surface area contributed by atoms with E-state index in [1.54, 1.807) is 0 Å². The molecule has 0 atom stereocenters. The number of anilines is 1. The summed E-state index contributed by atoms with van der Waals surface area (Å²) in [4.78, 5) is 27.7. The van der Waals surface area contributed by atoms with Crippen molar-refractivity contribution in [2.24, 2.45) is 0 Å². The maximum Gasteiger partial charge on any atom is 0.272 e. The minimum Gasteiger partial charge on any atom is -0.357 e. The molecule has 2 aliphatic rings. The van der Waals surface area contributed by atoms with Gasteiger partial charge in [0.25, 0.3) is 5.91 Å². The number of piperidine rings is 1. The van der Waals surface area contributed by atoms with E-state index in [-0.39, 0.29) is 5.91 Å². The fourth-order valence-corrected chi connectivity index (χ4v) is 3.19. The highest BCUT2D eigenvalue weighted by Crippen LogP contribution is 2.18. The normalized spacial score (nSPS) is 20.2. The Morgan fingerprint density at radius 1 is 1.05 bits per heavy atom. The van der Waals surface area contributed by atoms with Gasteiger partial charge in [-0.1, -0.05) is 6.92 Å². The van der Waals surface area contributed by atoms with Crippen molar-refractivity contribution in [3.8, 4) is 0 Å². The monoisotopic (exact) mass is 303 g/mol. The highest BCUT2D eigenvalue weighted by Gasteiger charge is 2.23. The number of nitrogens with zero attached hydrogens (tertiary/aromatic N) is 5. The molecule has 0 spiro atoms. The topological polar surface area (TPSA) is 52.6 Å². The zero-order valence-electron chi connectivity index (χ0n) is 13.4. The van der Waals surface area contributed by atoms with E-state index in [0.29, 0.717) is 5.69 Å². The predicted molar refractivity (Wildman–Crippen MR) is 86.1 cm³/mol. The van der Waals surface area contributed by atoms with E-state index in [1.165, 1.54) is 25.6 Å². The number of hydrogen-bond donors (Lipinski definition) is 0. The molecule has 22 heavy (non-hydrogen) atoms. The molecule has 6 heteroatoms. The summed E-state index contributed by atoms with van der Waals surface area (Å²) in [6.07, 6.45) is 5.22. The van der Waals surface area contributed by atoms with Gasteiger partial charge in [0, 0.05) is 45.3 Å². The van der Waals surface area contributed by atoms with E-state index in [4.69, 9.17) is 0 Å². The van der Waals surface area contributed by atoms with Crippen LogP contribution in [0.5, 0.6) is 0 Å². The van der Waals surface area contributed by atoms with E-state index in [1.807, 2.05) is 11.0 Å². The Labute approximate surface area is 132 Å². The van der Waals surface area contributed by atoms with Crippen molar-refractivity contribution >= 4 is 11.7 Å². The molecule has 120 valence electrons. The Kier molecular flexibility index (Phi) is 4.87. The summed E-state index contributed by atoms with van der Waals surface area (Å²) in [5.74, 6) is 0.932. The van der Waals surface area contributed by atoms with Crippen molar-refractivity contribution in [1.82, 2.24) is 19.8 Å². The largest absolute Gasteiger partial charge is 0.357 e. The zero-order valence-corrected chi connectivity index (χ0v) is 13.4. The maximum absolute atomic E-state index is 12.6. The first-order valence-corrected chi connectivity index (χ1v) is 8.36. The van der Waals surface area contributed by atoms with Crippen LogP contribution in [0.2, 0.25) is 0 Å². The van der Waals surface area contributed by atoms with Gasteiger partial charge >= 0.3 is 0 Å². The fraction of sp³-hybridized carbons (Fsp3) is 0.688. The molecule has 2 fully saturated rings. The molecule has 3 rings (SSSR count). The van der Waals surface area contributed by atoms with E-state index in [2.05, 4.69) is 26.7 Å². The molecule has 0 radical (unpaired) electrons. The Hall–Kier alpha value is -1.69. The molecule has 0 unspecified atom stereocenters. The van der Waals surface area contributed by atoms with Gasteiger partial charge in [-0.15, -0.1) is 0 Å². The van der Waals surface area contributed by atoms with Gasteiger partial charge in [0.15, 0.2) is 0 Å². The third-order valence-corrected chi connectivity index (χ3v) is 4.66. The van der Waals surface area contributed by atoms with E-state index in [9.17, 15) is 4.79 Å². The lowest BCUT2D eigenvalue weighted by atomic mass is 10.1. The molecule has 2 aliphatic heterocycles. The first-order valence-electron chi connectivity index (χ1n) is 8.36. The maximum atomic E-state index is 12.6. The second-order valence-corrected chi connectivity index (χ2v) is 6.04. The molecule has 0 bridgehead atoms. The summed E-state index contributed by atoms with van der Waals surface area (Å²) in [6.45, 7) is 8.74. The number of carbonyl (C=O) groups excluding carboxylic acids is 1. The number of carbonyl (C=O) groups is 1. The molecular formula is C16H25N5O. The van der Waals surface area contributed by atoms with Crippen LogP contribution in [0.4, 0.5) is 5.82 Å². The van der Waals surface area contributed by atoms with Gasteiger partial charge in [-0.25, -0.2) is 9.97 Å². The lowest BCUT2D eigenvalue weighted by Crippen LogP contribution is -2.48. The van der Waals surface area contributed by atoms with Crippen LogP contribution in [0, 0.1) is 0 Å². The molecule has 3 heterocycles. The molecule has 2 saturated heterocycles. The first kappa shape index (κ1) is 15.2. The van der Waals surface area contributed by atoms with E-state index >= 15 is 0 Å². The highest BCUT2D eigenvalue weighted by atomic mass is 16.2. The second-order valence-electron chi connectivity index (χ2n) is 6.04. The third kappa shape index (κ3) is 3.38. The molecule has 1 aromatic rings. The number of aromatic nitrogens is 2. The summed E-state index contributed by atoms with van der Waals surface area (Å²) in [6, 6.07) is 1.86. The van der Waals surface area contributed by atoms with Crippen LogP contribution in [-0.2, 0) is 0 Å². The molecule has 0 N–H and O–H groups in total. The lowest BCUT2D eigenvalue weighted by Gasteiger charge is -2.34. The molecule has 0 saturated carbocycles. The molecule has 0 aromatic carbocycles. The molecule has 6 nitrogen and oxygen atoms in total. The van der Waals surface area contributed by atoms with Crippen LogP contribution in [0.25, 0.3) is 0 Å². The number of piperazine rings is 1. The number of hydrogen-bond acceptors (Lipinski definition) is 5. The van der Waals surface area contributed by atoms with Crippen molar-refractivity contribution in [3.05, 3.63) is 18.1 Å². The van der Waals surface area contributed by atoms with Gasteiger partial charge in [0.05, 0.1) is 0 Å². The van der Waals surface area contributed by atoms with Crippen LogP contribution in [0.3, 0.4) is 0 Å². The van der Waals surface area contributed by atoms with Crippen LogP contribution >= 0.6 is 0 Å². The quantitative estimate of drug-likeness (QED) is 0.841. The molecule has 0 aliphatic carbocycles. The fourth-order valence-electron chi connectivity index (χ4n) is 3.19. The van der Waals surface area contributed by atoms with Crippen LogP contribution in [-0.4, -0.2) is 71.5 Å². The predicted octanol–water partition coefficient (Wildman–Crippen LogP) is 1.24. The van der Waals surface area contributed by atoms with Gasteiger partial charge in [0.1, 0.15) is 17.8 Å². The summed E-state index contributed by atoms with van der Waals surface area (Å²) < 4.78 is 0. The van der Waals surface area contributed by atoms with Crippen molar-refractivity contribution in [2.45, 2.75) is 26.2 Å². The molecular weight excluding hydrogens is 278 g/mol. The first-order chi connectivity index (χ1) is 10.8. The Bertz CT molecular complexity index is 507. The SMILES string of the molecule is CCN1CCN(C(=O)c2cc(N3CCCCC3)ncn2)CC1. The van der Waals surface area contributed by atoms with Gasteiger partial charge in [-0.2, -0.15) is 0 Å². The smallest absolute Gasteiger partial charge is 0.272 e. The number of likely N-dealkylation sites (N-methyl/N-ethyl adjacent to an activating group) is 1. The van der Waals surface area contributed by atoms with Crippen LogP contribution in [0.1, 0.15) is 36.7 Å². The van der Waals surface area contributed by atoms with Crippen molar-refractivity contribution in [2.75, 3.05) is 50.7 Å². The second kappa shape index (κ2) is 7.05. The number of rotatable bonds is 3. The summed E-state index contributed by atoms with van der Waals surface area (Å²) >= 11 is 0. The van der Waals surface area contributed by atoms with Gasteiger partial charge in [-0.3, -0.25) is 4.79 Å². The highest BCUT2D eigenvalue weighted by molar-refractivity contribution is 5.93. The standard InChI is InChI=1S/C16H25N5O/c1-2-19-8-10-21(11-9-19)16(22)14-12-15(18-13-17-14)20-6-4-3-5-7-20/h12-13H,2-11H2,1H3.